The van der Waals surface area contributed by atoms with Crippen LogP contribution in [-0.2, 0) is 4.79 Å². The largest absolute Gasteiger partial charge is 0.363 e. The first-order valence-electron chi connectivity index (χ1n) is 13.1. The maximum absolute atomic E-state index is 13.9. The lowest BCUT2D eigenvalue weighted by molar-refractivity contribution is -0.117. The van der Waals surface area contributed by atoms with Gasteiger partial charge in [-0.1, -0.05) is 54.9 Å². The Hall–Kier alpha value is -2.82. The molecule has 6 unspecified atom stereocenters. The maximum atomic E-state index is 13.9. The summed E-state index contributed by atoms with van der Waals surface area (Å²) in [6, 6.07) is 8.96. The van der Waals surface area contributed by atoms with Crippen molar-refractivity contribution in [1.82, 2.24) is 5.16 Å². The summed E-state index contributed by atoms with van der Waals surface area (Å²) in [5, 5.41) is 3.96. The van der Waals surface area contributed by atoms with Gasteiger partial charge in [-0.25, -0.2) is 0 Å². The Kier molecular flexibility index (Phi) is 5.24. The second kappa shape index (κ2) is 8.11. The van der Waals surface area contributed by atoms with Crippen molar-refractivity contribution in [2.45, 2.75) is 65.2 Å². The van der Waals surface area contributed by atoms with E-state index in [1.165, 1.54) is 11.8 Å². The highest BCUT2D eigenvalue weighted by Gasteiger charge is 2.60. The lowest BCUT2D eigenvalue weighted by Gasteiger charge is -2.58. The van der Waals surface area contributed by atoms with Crippen LogP contribution in [0.25, 0.3) is 0 Å². The molecule has 3 saturated carbocycles. The van der Waals surface area contributed by atoms with Crippen LogP contribution in [0, 0.1) is 34.5 Å². The Bertz CT molecular complexity index is 1230. The fraction of sp³-hybridized carbons (Fsp3) is 0.533. The minimum atomic E-state index is -0.266. The molecule has 182 valence electrons. The number of hydrogen-bond acceptors (Lipinski definition) is 5. The van der Waals surface area contributed by atoms with E-state index in [1.807, 2.05) is 24.3 Å². The lowest BCUT2D eigenvalue weighted by Crippen LogP contribution is -2.51. The van der Waals surface area contributed by atoms with Crippen molar-refractivity contribution in [3.05, 3.63) is 65.1 Å². The quantitative estimate of drug-likeness (QED) is 0.494. The fourth-order valence-corrected chi connectivity index (χ4v) is 8.48. The highest BCUT2D eigenvalue weighted by Crippen LogP contribution is 2.66. The summed E-state index contributed by atoms with van der Waals surface area (Å²) < 4.78 is 5.18. The molecule has 0 radical (unpaired) electrons. The van der Waals surface area contributed by atoms with Crippen LogP contribution >= 0.6 is 0 Å². The number of Topliss-reactive ketones (excluding diaryl/α,β-unsaturated/α-hetero) is 1. The molecule has 0 N–H and O–H groups in total. The Labute approximate surface area is 206 Å². The molecule has 4 aliphatic rings. The first-order chi connectivity index (χ1) is 16.8. The van der Waals surface area contributed by atoms with Gasteiger partial charge in [0, 0.05) is 17.9 Å². The van der Waals surface area contributed by atoms with Crippen molar-refractivity contribution >= 4 is 17.3 Å². The maximum Gasteiger partial charge on any atom is 0.215 e. The first-order valence-corrected chi connectivity index (χ1v) is 13.1. The van der Waals surface area contributed by atoms with E-state index in [0.717, 1.165) is 44.9 Å². The Balaban J connectivity index is 1.27. The molecule has 0 saturated heterocycles. The molecule has 5 nitrogen and oxygen atoms in total. The molecule has 0 aliphatic heterocycles. The van der Waals surface area contributed by atoms with Gasteiger partial charge in [-0.15, -0.1) is 0 Å². The highest BCUT2D eigenvalue weighted by atomic mass is 16.5. The number of carbonyl (C=O) groups excluding carboxylic acids is 3. The Morgan fingerprint density at radius 3 is 2.57 bits per heavy atom. The van der Waals surface area contributed by atoms with Gasteiger partial charge in [0.15, 0.2) is 17.3 Å². The van der Waals surface area contributed by atoms with Gasteiger partial charge in [0.25, 0.3) is 0 Å². The van der Waals surface area contributed by atoms with E-state index in [0.29, 0.717) is 35.3 Å². The van der Waals surface area contributed by atoms with Crippen molar-refractivity contribution in [2.24, 2.45) is 34.5 Å². The monoisotopic (exact) mass is 471 g/mol. The summed E-state index contributed by atoms with van der Waals surface area (Å²) >= 11 is 0. The van der Waals surface area contributed by atoms with E-state index in [4.69, 9.17) is 4.52 Å². The normalized spacial score (nSPS) is 36.1. The van der Waals surface area contributed by atoms with Crippen LogP contribution in [-0.4, -0.2) is 22.5 Å². The van der Waals surface area contributed by atoms with Crippen LogP contribution in [0.2, 0.25) is 0 Å². The number of ketones is 3. The van der Waals surface area contributed by atoms with Crippen molar-refractivity contribution < 1.29 is 18.9 Å². The summed E-state index contributed by atoms with van der Waals surface area (Å²) in [4.78, 5) is 39.1. The van der Waals surface area contributed by atoms with Gasteiger partial charge in [-0.05, 0) is 79.6 Å². The van der Waals surface area contributed by atoms with E-state index in [1.54, 1.807) is 12.1 Å². The molecule has 0 bridgehead atoms. The summed E-state index contributed by atoms with van der Waals surface area (Å²) in [7, 11) is 0. The van der Waals surface area contributed by atoms with Crippen molar-refractivity contribution in [3.8, 4) is 0 Å². The number of fused-ring (bicyclic) bond motifs is 5. The van der Waals surface area contributed by atoms with E-state index in [2.05, 4.69) is 19.0 Å². The zero-order valence-electron chi connectivity index (χ0n) is 20.6. The number of allylic oxidation sites excluding steroid dienone is 1. The molecule has 0 amide bonds. The highest BCUT2D eigenvalue weighted by molar-refractivity contribution is 6.14. The van der Waals surface area contributed by atoms with Gasteiger partial charge < -0.3 is 4.52 Å². The Morgan fingerprint density at radius 2 is 1.77 bits per heavy atom. The van der Waals surface area contributed by atoms with Crippen LogP contribution in [0.1, 0.15) is 91.6 Å². The third-order valence-corrected chi connectivity index (χ3v) is 10.4. The van der Waals surface area contributed by atoms with Gasteiger partial charge >= 0.3 is 0 Å². The molecular formula is C30H33NO4. The number of rotatable bonds is 4. The SMILES string of the molecule is CC12CCC(=O)C=C1CCC1C2CCC2(C)C(C(=O)c3conc3C(=O)c3ccccc3)CCC12. The molecule has 0 spiro atoms. The van der Waals surface area contributed by atoms with Gasteiger partial charge in [-0.3, -0.25) is 14.4 Å². The average molecular weight is 472 g/mol. The topological polar surface area (TPSA) is 77.2 Å². The standard InChI is InChI=1S/C30H33NO4/c1-29-14-12-20(32)16-19(29)8-9-21-23-10-11-25(30(23,2)15-13-24(21)29)28(34)22-17-35-31-26(22)27(33)18-6-4-3-5-7-18/h3-7,16-17,21,23-25H,8-15H2,1-2H3. The molecular weight excluding hydrogens is 438 g/mol. The number of benzene rings is 1. The second-order valence-electron chi connectivity index (χ2n) is 11.8. The van der Waals surface area contributed by atoms with E-state index >= 15 is 0 Å². The zero-order chi connectivity index (χ0) is 24.4. The number of carbonyl (C=O) groups is 3. The van der Waals surface area contributed by atoms with Crippen LogP contribution in [0.3, 0.4) is 0 Å². The van der Waals surface area contributed by atoms with E-state index in [9.17, 15) is 14.4 Å². The summed E-state index contributed by atoms with van der Waals surface area (Å²) in [6.45, 7) is 4.70. The molecule has 2 aromatic rings. The van der Waals surface area contributed by atoms with E-state index < -0.39 is 0 Å². The van der Waals surface area contributed by atoms with Crippen molar-refractivity contribution in [3.63, 3.8) is 0 Å². The van der Waals surface area contributed by atoms with Crippen LogP contribution in [0.15, 0.2) is 52.8 Å². The Morgan fingerprint density at radius 1 is 0.971 bits per heavy atom. The van der Waals surface area contributed by atoms with Crippen LogP contribution in [0.5, 0.6) is 0 Å². The fourth-order valence-electron chi connectivity index (χ4n) is 8.48. The first kappa shape index (κ1) is 22.6. The van der Waals surface area contributed by atoms with Crippen LogP contribution < -0.4 is 0 Å². The molecule has 1 heterocycles. The number of hydrogen-bond donors (Lipinski definition) is 0. The van der Waals surface area contributed by atoms with Gasteiger partial charge in [-0.2, -0.15) is 0 Å². The molecule has 6 rings (SSSR count). The smallest absolute Gasteiger partial charge is 0.215 e. The van der Waals surface area contributed by atoms with Gasteiger partial charge in [0.05, 0.1) is 5.56 Å². The van der Waals surface area contributed by atoms with Gasteiger partial charge in [0.2, 0.25) is 5.78 Å². The third kappa shape index (κ3) is 3.34. The summed E-state index contributed by atoms with van der Waals surface area (Å²) in [6.07, 6.45) is 11.1. The number of aromatic nitrogens is 1. The number of nitrogens with zero attached hydrogens (tertiary/aromatic N) is 1. The second-order valence-corrected chi connectivity index (χ2v) is 11.8. The summed E-state index contributed by atoms with van der Waals surface area (Å²) in [5.41, 5.74) is 2.40. The molecule has 5 heteroatoms. The molecule has 4 aliphatic carbocycles. The third-order valence-electron chi connectivity index (χ3n) is 10.4. The van der Waals surface area contributed by atoms with Crippen molar-refractivity contribution in [2.75, 3.05) is 0 Å². The predicted molar refractivity (Wildman–Crippen MR) is 131 cm³/mol. The average Bonchev–Trinajstić information content (AvgIpc) is 3.49. The minimum absolute atomic E-state index is 0.0138. The molecule has 6 atom stereocenters. The minimum Gasteiger partial charge on any atom is -0.363 e. The van der Waals surface area contributed by atoms with Crippen molar-refractivity contribution in [1.29, 1.82) is 0 Å². The van der Waals surface area contributed by atoms with Gasteiger partial charge in [0.1, 0.15) is 6.26 Å². The lowest BCUT2D eigenvalue weighted by atomic mass is 9.46. The zero-order valence-corrected chi connectivity index (χ0v) is 20.6. The molecule has 1 aromatic heterocycles. The summed E-state index contributed by atoms with van der Waals surface area (Å²) in [5.74, 6) is 1.60. The molecule has 35 heavy (non-hydrogen) atoms. The molecule has 3 fully saturated rings. The predicted octanol–water partition coefficient (Wildman–Crippen LogP) is 6.24. The van der Waals surface area contributed by atoms with E-state index in [-0.39, 0.29) is 39.8 Å². The molecule has 1 aromatic carbocycles. The van der Waals surface area contributed by atoms with Crippen LogP contribution in [0.4, 0.5) is 0 Å².